The lowest BCUT2D eigenvalue weighted by Gasteiger charge is -2.36. The highest BCUT2D eigenvalue weighted by Crippen LogP contribution is 2.32. The smallest absolute Gasteiger partial charge is 0.321 e. The molecule has 0 radical (unpaired) electrons. The number of nitrogens with one attached hydrogen (secondary N) is 1. The lowest BCUT2D eigenvalue weighted by molar-refractivity contribution is 0.171. The molecule has 2 amide bonds. The first kappa shape index (κ1) is 16.5. The highest BCUT2D eigenvalue weighted by atomic mass is 19.1. The van der Waals surface area contributed by atoms with E-state index in [9.17, 15) is 9.18 Å². The maximum absolute atomic E-state index is 13.9. The molecule has 2 aromatic carbocycles. The van der Waals surface area contributed by atoms with Gasteiger partial charge in [0.05, 0.1) is 5.69 Å². The van der Waals surface area contributed by atoms with E-state index >= 15 is 0 Å². The van der Waals surface area contributed by atoms with Gasteiger partial charge in [0.2, 0.25) is 0 Å². The van der Waals surface area contributed by atoms with Gasteiger partial charge in [-0.1, -0.05) is 12.1 Å². The Kier molecular flexibility index (Phi) is 4.51. The Morgan fingerprint density at radius 3 is 2.46 bits per heavy atom. The van der Waals surface area contributed by atoms with Crippen LogP contribution >= 0.6 is 0 Å². The van der Waals surface area contributed by atoms with E-state index < -0.39 is 0 Å². The first-order valence-electron chi connectivity index (χ1n) is 8.66. The Morgan fingerprint density at radius 2 is 1.69 bits per heavy atom. The van der Waals surface area contributed by atoms with Crippen LogP contribution in [0.15, 0.2) is 42.5 Å². The van der Waals surface area contributed by atoms with Crippen LogP contribution in [0.2, 0.25) is 0 Å². The van der Waals surface area contributed by atoms with Crippen LogP contribution in [0.1, 0.15) is 0 Å². The van der Waals surface area contributed by atoms with Crippen molar-refractivity contribution in [1.29, 1.82) is 0 Å². The average Bonchev–Trinajstić information content (AvgIpc) is 2.68. The predicted octanol–water partition coefficient (Wildman–Crippen LogP) is 2.95. The molecule has 26 heavy (non-hydrogen) atoms. The van der Waals surface area contributed by atoms with E-state index in [0.717, 1.165) is 0 Å². The van der Waals surface area contributed by atoms with Gasteiger partial charge in [-0.3, -0.25) is 0 Å². The summed E-state index contributed by atoms with van der Waals surface area (Å²) < 4.78 is 24.9. The molecular weight excluding hydrogens is 337 g/mol. The fourth-order valence-corrected chi connectivity index (χ4v) is 3.18. The fourth-order valence-electron chi connectivity index (χ4n) is 3.18. The minimum atomic E-state index is -0.235. The molecule has 0 atom stereocenters. The number of piperazine rings is 1. The highest BCUT2D eigenvalue weighted by Gasteiger charge is 2.23. The Morgan fingerprint density at radius 1 is 0.962 bits per heavy atom. The van der Waals surface area contributed by atoms with E-state index in [1.165, 1.54) is 6.07 Å². The van der Waals surface area contributed by atoms with Crippen molar-refractivity contribution in [1.82, 2.24) is 4.90 Å². The van der Waals surface area contributed by atoms with E-state index in [0.29, 0.717) is 62.3 Å². The molecule has 4 rings (SSSR count). The van der Waals surface area contributed by atoms with Crippen LogP contribution in [0.3, 0.4) is 0 Å². The third-order valence-electron chi connectivity index (χ3n) is 4.55. The molecule has 0 aliphatic carbocycles. The molecule has 2 aromatic rings. The van der Waals surface area contributed by atoms with Crippen LogP contribution in [0.25, 0.3) is 0 Å². The maximum Gasteiger partial charge on any atom is 0.321 e. The number of carbonyl (C=O) groups is 1. The average molecular weight is 357 g/mol. The summed E-state index contributed by atoms with van der Waals surface area (Å²) >= 11 is 0. The Labute approximate surface area is 151 Å². The Balaban J connectivity index is 1.36. The van der Waals surface area contributed by atoms with Gasteiger partial charge in [0.15, 0.2) is 11.5 Å². The molecule has 136 valence electrons. The van der Waals surface area contributed by atoms with Gasteiger partial charge in [-0.2, -0.15) is 0 Å². The second-order valence-corrected chi connectivity index (χ2v) is 6.21. The van der Waals surface area contributed by atoms with Gasteiger partial charge in [0.1, 0.15) is 19.0 Å². The molecule has 0 saturated carbocycles. The highest BCUT2D eigenvalue weighted by molar-refractivity contribution is 5.90. The molecular formula is C19H20FN3O3. The molecule has 1 fully saturated rings. The standard InChI is InChI=1S/C19H20FN3O3/c20-15-3-1-2-4-16(15)22-7-9-23(10-8-22)19(24)21-14-5-6-17-18(13-14)26-12-11-25-17/h1-6,13H,7-12H2,(H,21,24). The lowest BCUT2D eigenvalue weighted by Crippen LogP contribution is -2.50. The number of fused-ring (bicyclic) bond motifs is 1. The quantitative estimate of drug-likeness (QED) is 0.898. The number of urea groups is 1. The number of hydrogen-bond acceptors (Lipinski definition) is 4. The largest absolute Gasteiger partial charge is 0.486 e. The summed E-state index contributed by atoms with van der Waals surface area (Å²) in [5.74, 6) is 1.09. The van der Waals surface area contributed by atoms with Crippen molar-refractivity contribution in [2.45, 2.75) is 0 Å². The molecule has 0 spiro atoms. The summed E-state index contributed by atoms with van der Waals surface area (Å²) in [7, 11) is 0. The van der Waals surface area contributed by atoms with Crippen molar-refractivity contribution in [2.75, 3.05) is 49.6 Å². The number of halogens is 1. The molecule has 2 aliphatic heterocycles. The summed E-state index contributed by atoms with van der Waals surface area (Å²) in [4.78, 5) is 16.2. The van der Waals surface area contributed by atoms with Crippen LogP contribution in [0.5, 0.6) is 11.5 Å². The summed E-state index contributed by atoms with van der Waals surface area (Å²) in [6.07, 6.45) is 0. The molecule has 0 bridgehead atoms. The van der Waals surface area contributed by atoms with Crippen LogP contribution in [-0.2, 0) is 0 Å². The third kappa shape index (κ3) is 3.37. The molecule has 0 unspecified atom stereocenters. The molecule has 2 heterocycles. The second-order valence-electron chi connectivity index (χ2n) is 6.21. The zero-order valence-electron chi connectivity index (χ0n) is 14.3. The van der Waals surface area contributed by atoms with Gasteiger partial charge < -0.3 is 24.6 Å². The fraction of sp³-hybridized carbons (Fsp3) is 0.316. The van der Waals surface area contributed by atoms with Crippen molar-refractivity contribution < 1.29 is 18.7 Å². The number of nitrogens with zero attached hydrogens (tertiary/aromatic N) is 2. The minimum absolute atomic E-state index is 0.171. The number of amides is 2. The topological polar surface area (TPSA) is 54.0 Å². The number of rotatable bonds is 2. The van der Waals surface area contributed by atoms with Gasteiger partial charge in [-0.15, -0.1) is 0 Å². The number of benzene rings is 2. The lowest BCUT2D eigenvalue weighted by atomic mass is 10.2. The summed E-state index contributed by atoms with van der Waals surface area (Å²) in [5, 5.41) is 2.89. The number of hydrogen-bond donors (Lipinski definition) is 1. The Hall–Kier alpha value is -2.96. The van der Waals surface area contributed by atoms with Crippen LogP contribution in [0.4, 0.5) is 20.6 Å². The number of anilines is 2. The van der Waals surface area contributed by atoms with Crippen LogP contribution in [0, 0.1) is 5.82 Å². The first-order chi connectivity index (χ1) is 12.7. The number of carbonyl (C=O) groups excluding carboxylic acids is 1. The first-order valence-corrected chi connectivity index (χ1v) is 8.66. The molecule has 1 saturated heterocycles. The van der Waals surface area contributed by atoms with Crippen LogP contribution in [-0.4, -0.2) is 50.3 Å². The molecule has 1 N–H and O–H groups in total. The van der Waals surface area contributed by atoms with Gasteiger partial charge in [0, 0.05) is 37.9 Å². The van der Waals surface area contributed by atoms with E-state index in [2.05, 4.69) is 5.32 Å². The minimum Gasteiger partial charge on any atom is -0.486 e. The van der Waals surface area contributed by atoms with Crippen molar-refractivity contribution >= 4 is 17.4 Å². The summed E-state index contributed by atoms with van der Waals surface area (Å²) in [6.45, 7) is 3.29. The summed E-state index contributed by atoms with van der Waals surface area (Å²) in [5.41, 5.74) is 1.25. The maximum atomic E-state index is 13.9. The van der Waals surface area contributed by atoms with Gasteiger partial charge in [-0.05, 0) is 24.3 Å². The molecule has 6 nitrogen and oxygen atoms in total. The van der Waals surface area contributed by atoms with Crippen LogP contribution < -0.4 is 19.7 Å². The van der Waals surface area contributed by atoms with Crippen molar-refractivity contribution in [3.8, 4) is 11.5 Å². The monoisotopic (exact) mass is 357 g/mol. The van der Waals surface area contributed by atoms with E-state index in [1.54, 1.807) is 35.2 Å². The van der Waals surface area contributed by atoms with Gasteiger partial charge in [-0.25, -0.2) is 9.18 Å². The van der Waals surface area contributed by atoms with Crippen molar-refractivity contribution in [2.24, 2.45) is 0 Å². The predicted molar refractivity (Wildman–Crippen MR) is 96.6 cm³/mol. The van der Waals surface area contributed by atoms with E-state index in [4.69, 9.17) is 9.47 Å². The van der Waals surface area contributed by atoms with Gasteiger partial charge in [0.25, 0.3) is 0 Å². The van der Waals surface area contributed by atoms with E-state index in [1.807, 2.05) is 11.0 Å². The number of ether oxygens (including phenoxy) is 2. The van der Waals surface area contributed by atoms with Gasteiger partial charge >= 0.3 is 6.03 Å². The molecule has 0 aromatic heterocycles. The second kappa shape index (κ2) is 7.11. The van der Waals surface area contributed by atoms with E-state index in [-0.39, 0.29) is 11.8 Å². The number of para-hydroxylation sites is 1. The Bertz CT molecular complexity index is 806. The molecule has 7 heteroatoms. The zero-order chi connectivity index (χ0) is 17.9. The summed E-state index contributed by atoms with van der Waals surface area (Å²) in [6, 6.07) is 11.9. The third-order valence-corrected chi connectivity index (χ3v) is 4.55. The van der Waals surface area contributed by atoms with Crippen molar-refractivity contribution in [3.63, 3.8) is 0 Å². The zero-order valence-corrected chi connectivity index (χ0v) is 14.3. The normalized spacial score (nSPS) is 16.3. The van der Waals surface area contributed by atoms with Crippen molar-refractivity contribution in [3.05, 3.63) is 48.3 Å². The SMILES string of the molecule is O=C(Nc1ccc2c(c1)OCCO2)N1CCN(c2ccccc2F)CC1. The molecule has 2 aliphatic rings.